The fraction of sp³-hybridized carbons (Fsp3) is 0.348. The predicted molar refractivity (Wildman–Crippen MR) is 121 cm³/mol. The minimum atomic E-state index is -2.86. The minimum Gasteiger partial charge on any atom is -0.435 e. The van der Waals surface area contributed by atoms with E-state index in [0.717, 1.165) is 5.56 Å². The summed E-state index contributed by atoms with van der Waals surface area (Å²) < 4.78 is 44.8. The molecule has 0 saturated heterocycles. The summed E-state index contributed by atoms with van der Waals surface area (Å²) in [6.45, 7) is 2.21. The van der Waals surface area contributed by atoms with E-state index >= 15 is 0 Å². The second-order valence-electron chi connectivity index (χ2n) is 7.70. The smallest absolute Gasteiger partial charge is 0.387 e. The average Bonchev–Trinajstić information content (AvgIpc) is 3.15. The number of thioether (sulfide) groups is 1. The van der Waals surface area contributed by atoms with Gasteiger partial charge >= 0.3 is 6.61 Å². The summed E-state index contributed by atoms with van der Waals surface area (Å²) in [7, 11) is 0. The molecule has 0 aliphatic heterocycles. The van der Waals surface area contributed by atoms with Crippen LogP contribution in [0, 0.1) is 11.7 Å². The maximum absolute atomic E-state index is 14.3. The Morgan fingerprint density at radius 2 is 1.85 bits per heavy atom. The number of amides is 1. The number of halogens is 3. The molecule has 0 aliphatic rings. The molecule has 1 N–H and O–H groups in total. The van der Waals surface area contributed by atoms with E-state index in [1.165, 1.54) is 30.0 Å². The van der Waals surface area contributed by atoms with Crippen LogP contribution in [0.1, 0.15) is 19.4 Å². The number of ether oxygens (including phenoxy) is 1. The lowest BCUT2D eigenvalue weighted by atomic mass is 10.1. The van der Waals surface area contributed by atoms with Crippen molar-refractivity contribution in [3.63, 3.8) is 0 Å². The Kier molecular flexibility index (Phi) is 8.76. The highest BCUT2D eigenvalue weighted by atomic mass is 32.2. The highest BCUT2D eigenvalue weighted by molar-refractivity contribution is 7.99. The third-order valence-electron chi connectivity index (χ3n) is 4.60. The average molecular weight is 479 g/mol. The fourth-order valence-corrected chi connectivity index (χ4v) is 3.91. The summed E-state index contributed by atoms with van der Waals surface area (Å²) in [4.78, 5) is 12.3. The highest BCUT2D eigenvalue weighted by Gasteiger charge is 2.18. The third kappa shape index (κ3) is 7.24. The molecule has 0 atom stereocenters. The molecule has 3 aromatic rings. The molecule has 6 nitrogen and oxygen atoms in total. The van der Waals surface area contributed by atoms with Crippen molar-refractivity contribution in [3.8, 4) is 17.1 Å². The normalized spacial score (nSPS) is 11.2. The zero-order valence-electron chi connectivity index (χ0n) is 18.3. The molecule has 0 bridgehead atoms. The van der Waals surface area contributed by atoms with Crippen LogP contribution in [0.3, 0.4) is 0 Å². The minimum absolute atomic E-state index is 0.0921. The first kappa shape index (κ1) is 24.6. The zero-order valence-corrected chi connectivity index (χ0v) is 19.1. The summed E-state index contributed by atoms with van der Waals surface area (Å²) in [5.74, 6) is 0.382. The van der Waals surface area contributed by atoms with Crippen LogP contribution in [0.4, 0.5) is 13.2 Å². The second kappa shape index (κ2) is 11.7. The van der Waals surface area contributed by atoms with Gasteiger partial charge in [-0.15, -0.1) is 10.2 Å². The maximum Gasteiger partial charge on any atom is 0.387 e. The van der Waals surface area contributed by atoms with Crippen LogP contribution in [-0.2, 0) is 17.8 Å². The number of nitrogens with one attached hydrogen (secondary N) is 1. The van der Waals surface area contributed by atoms with Gasteiger partial charge in [-0.2, -0.15) is 8.78 Å². The number of benzene rings is 2. The van der Waals surface area contributed by atoms with Gasteiger partial charge in [0.15, 0.2) is 11.0 Å². The van der Waals surface area contributed by atoms with Gasteiger partial charge in [0.25, 0.3) is 0 Å². The van der Waals surface area contributed by atoms with E-state index in [4.69, 9.17) is 0 Å². The first-order valence-corrected chi connectivity index (χ1v) is 11.4. The predicted octanol–water partition coefficient (Wildman–Crippen LogP) is 4.79. The van der Waals surface area contributed by atoms with Gasteiger partial charge < -0.3 is 14.6 Å². The molecular weight excluding hydrogens is 453 g/mol. The maximum atomic E-state index is 14.3. The molecule has 0 unspecified atom stereocenters. The lowest BCUT2D eigenvalue weighted by Crippen LogP contribution is -2.27. The zero-order chi connectivity index (χ0) is 23.8. The lowest BCUT2D eigenvalue weighted by Gasteiger charge is -2.13. The van der Waals surface area contributed by atoms with E-state index in [9.17, 15) is 18.0 Å². The van der Waals surface area contributed by atoms with Crippen molar-refractivity contribution < 1.29 is 22.7 Å². The number of hydrogen-bond donors (Lipinski definition) is 1. The number of hydrogen-bond acceptors (Lipinski definition) is 5. The Bertz CT molecular complexity index is 1060. The molecule has 10 heteroatoms. The SMILES string of the molecule is CC(C)Cn1c(SCC(=O)NCCc2ccc(OC(F)F)cc2)nnc1-c1ccccc1F. The molecule has 33 heavy (non-hydrogen) atoms. The number of carbonyl (C=O) groups is 1. The summed E-state index contributed by atoms with van der Waals surface area (Å²) in [6, 6.07) is 12.7. The van der Waals surface area contributed by atoms with E-state index < -0.39 is 6.61 Å². The van der Waals surface area contributed by atoms with Crippen molar-refractivity contribution in [2.24, 2.45) is 5.92 Å². The molecule has 176 valence electrons. The van der Waals surface area contributed by atoms with E-state index in [1.54, 1.807) is 30.3 Å². The van der Waals surface area contributed by atoms with Gasteiger partial charge in [-0.25, -0.2) is 4.39 Å². The van der Waals surface area contributed by atoms with E-state index in [0.29, 0.717) is 36.1 Å². The second-order valence-corrected chi connectivity index (χ2v) is 8.64. The van der Waals surface area contributed by atoms with Crippen molar-refractivity contribution >= 4 is 17.7 Å². The Labute approximate surface area is 194 Å². The molecule has 1 amide bonds. The van der Waals surface area contributed by atoms with Gasteiger partial charge in [0, 0.05) is 13.1 Å². The molecule has 0 fully saturated rings. The Morgan fingerprint density at radius 3 is 2.52 bits per heavy atom. The monoisotopic (exact) mass is 478 g/mol. The molecule has 0 radical (unpaired) electrons. The number of aromatic nitrogens is 3. The number of rotatable bonds is 11. The molecule has 0 aliphatic carbocycles. The van der Waals surface area contributed by atoms with Crippen LogP contribution >= 0.6 is 11.8 Å². The fourth-order valence-electron chi connectivity index (χ4n) is 3.13. The first-order valence-electron chi connectivity index (χ1n) is 10.4. The van der Waals surface area contributed by atoms with Crippen LogP contribution in [0.2, 0.25) is 0 Å². The van der Waals surface area contributed by atoms with Gasteiger partial charge in [-0.3, -0.25) is 4.79 Å². The van der Waals surface area contributed by atoms with Crippen molar-refractivity contribution in [1.82, 2.24) is 20.1 Å². The van der Waals surface area contributed by atoms with Gasteiger partial charge in [0.2, 0.25) is 5.91 Å². The topological polar surface area (TPSA) is 69.0 Å². The third-order valence-corrected chi connectivity index (χ3v) is 5.56. The van der Waals surface area contributed by atoms with Crippen LogP contribution in [0.25, 0.3) is 11.4 Å². The van der Waals surface area contributed by atoms with Gasteiger partial charge in [-0.05, 0) is 42.2 Å². The summed E-state index contributed by atoms with van der Waals surface area (Å²) in [6.07, 6.45) is 0.548. The van der Waals surface area contributed by atoms with E-state index in [1.807, 2.05) is 18.4 Å². The Balaban J connectivity index is 1.55. The van der Waals surface area contributed by atoms with Crippen molar-refractivity contribution in [2.75, 3.05) is 12.3 Å². The van der Waals surface area contributed by atoms with Crippen molar-refractivity contribution in [1.29, 1.82) is 0 Å². The van der Waals surface area contributed by atoms with Crippen molar-refractivity contribution in [2.45, 2.75) is 38.6 Å². The van der Waals surface area contributed by atoms with Crippen LogP contribution in [0.5, 0.6) is 5.75 Å². The number of nitrogens with zero attached hydrogens (tertiary/aromatic N) is 3. The van der Waals surface area contributed by atoms with Gasteiger partial charge in [-0.1, -0.05) is 49.9 Å². The number of carbonyl (C=O) groups excluding carboxylic acids is 1. The standard InChI is InChI=1S/C23H25F3N4O2S/c1-15(2)13-30-21(18-5-3-4-6-19(18)24)28-29-23(30)33-14-20(31)27-12-11-16-7-9-17(10-8-16)32-22(25)26/h3-10,15,22H,11-14H2,1-2H3,(H,27,31). The molecule has 1 aromatic heterocycles. The first-order chi connectivity index (χ1) is 15.8. The van der Waals surface area contributed by atoms with Gasteiger partial charge in [0.1, 0.15) is 11.6 Å². The summed E-state index contributed by atoms with van der Waals surface area (Å²) >= 11 is 1.24. The number of alkyl halides is 2. The van der Waals surface area contributed by atoms with Crippen molar-refractivity contribution in [3.05, 3.63) is 59.9 Å². The van der Waals surface area contributed by atoms with Crippen LogP contribution in [0.15, 0.2) is 53.7 Å². The molecule has 1 heterocycles. The molecule has 0 saturated carbocycles. The molecule has 3 rings (SSSR count). The van der Waals surface area contributed by atoms with Crippen LogP contribution < -0.4 is 10.1 Å². The molecule has 2 aromatic carbocycles. The lowest BCUT2D eigenvalue weighted by molar-refractivity contribution is -0.118. The van der Waals surface area contributed by atoms with Crippen LogP contribution in [-0.4, -0.2) is 39.6 Å². The molecular formula is C23H25F3N4O2S. The Hall–Kier alpha value is -3.01. The Morgan fingerprint density at radius 1 is 1.12 bits per heavy atom. The largest absolute Gasteiger partial charge is 0.435 e. The summed E-state index contributed by atoms with van der Waals surface area (Å²) in [5.41, 5.74) is 1.25. The van der Waals surface area contributed by atoms with E-state index in [2.05, 4.69) is 20.3 Å². The molecule has 0 spiro atoms. The van der Waals surface area contributed by atoms with E-state index in [-0.39, 0.29) is 29.1 Å². The quantitative estimate of drug-likeness (QED) is 0.401. The highest BCUT2D eigenvalue weighted by Crippen LogP contribution is 2.26. The summed E-state index contributed by atoms with van der Waals surface area (Å²) in [5, 5.41) is 11.7. The van der Waals surface area contributed by atoms with Gasteiger partial charge in [0.05, 0.1) is 11.3 Å².